The number of allylic oxidation sites excluding steroid dienone is 4. The highest BCUT2D eigenvalue weighted by molar-refractivity contribution is 5.48. The lowest BCUT2D eigenvalue weighted by Gasteiger charge is -2.09. The molecule has 0 spiro atoms. The molecule has 336 valence electrons. The minimum Gasteiger partial charge on any atom is -0.0874 e. The van der Waals surface area contributed by atoms with E-state index in [1.165, 1.54) is 268 Å². The number of hydrogen-bond donors (Lipinski definition) is 0. The molecule has 0 N–H and O–H groups in total. The highest BCUT2D eigenvalue weighted by Gasteiger charge is 2.06. The van der Waals surface area contributed by atoms with Crippen molar-refractivity contribution < 1.29 is 0 Å². The second-order valence-electron chi connectivity index (χ2n) is 18.4. The molecule has 0 unspecified atom stereocenters. The molecule has 0 aromatic rings. The number of rotatable bonds is 44. The fraction of sp³-hybridized carbons (Fsp3) is 0.828. The molecule has 0 aliphatic rings. The molecule has 0 heteroatoms. The predicted octanol–water partition coefficient (Wildman–Crippen LogP) is 20.6. The van der Waals surface area contributed by atoms with Gasteiger partial charge in [-0.25, -0.2) is 0 Å². The summed E-state index contributed by atoms with van der Waals surface area (Å²) in [6.45, 7) is 18.1. The van der Waals surface area contributed by atoms with Gasteiger partial charge >= 0.3 is 0 Å². The molecule has 0 heterocycles. The zero-order valence-corrected chi connectivity index (χ0v) is 40.5. The molecule has 0 atom stereocenters. The summed E-state index contributed by atoms with van der Waals surface area (Å²) >= 11 is 0. The van der Waals surface area contributed by atoms with Gasteiger partial charge in [0, 0.05) is 11.1 Å². The molecule has 0 amide bonds. The van der Waals surface area contributed by atoms with Gasteiger partial charge in [-0.2, -0.15) is 0 Å². The zero-order valence-electron chi connectivity index (χ0n) is 40.5. The van der Waals surface area contributed by atoms with Crippen molar-refractivity contribution in [1.29, 1.82) is 0 Å². The topological polar surface area (TPSA) is 0 Å². The Balaban J connectivity index is 5.47. The SMILES string of the molecule is C=C(C#C/C(CCCCCCCCCCCC)=C(/C#CC(=C)CCCCCCCCCCCC)CCCCCCCCCCCC)CCCCCCCCCCCC. The standard InChI is InChI=1S/C58H104/c1-7-11-15-19-23-27-31-35-39-43-47-55(5)51-53-57(49-45-41-37-33-29-25-21-17-13-9-3)58(50-46-42-38-34-30-26-22-18-14-10-4)54-52-56(6)48-44-40-36-32-28-24-20-16-12-8-2/h5-50H2,1-4H3/b58-57+. The Morgan fingerprint density at radius 2 is 0.397 bits per heavy atom. The molecule has 0 aromatic carbocycles. The van der Waals surface area contributed by atoms with Gasteiger partial charge in [0.15, 0.2) is 0 Å². The Bertz CT molecular complexity index is 961. The molecule has 0 saturated heterocycles. The van der Waals surface area contributed by atoms with Crippen LogP contribution in [-0.2, 0) is 0 Å². The van der Waals surface area contributed by atoms with E-state index in [0.717, 1.165) is 36.8 Å². The summed E-state index contributed by atoms with van der Waals surface area (Å²) in [7, 11) is 0. The van der Waals surface area contributed by atoms with Crippen LogP contribution in [0.15, 0.2) is 35.5 Å². The lowest BCUT2D eigenvalue weighted by atomic mass is 9.95. The molecule has 0 rings (SSSR count). The van der Waals surface area contributed by atoms with Gasteiger partial charge in [-0.3, -0.25) is 0 Å². The smallest absolute Gasteiger partial charge is 0.0139 e. The van der Waals surface area contributed by atoms with Crippen molar-refractivity contribution in [2.75, 3.05) is 0 Å². The van der Waals surface area contributed by atoms with E-state index in [9.17, 15) is 0 Å². The molecule has 58 heavy (non-hydrogen) atoms. The average molecular weight is 801 g/mol. The van der Waals surface area contributed by atoms with E-state index in [1.807, 2.05) is 0 Å². The van der Waals surface area contributed by atoms with E-state index in [2.05, 4.69) is 64.5 Å². The van der Waals surface area contributed by atoms with Crippen molar-refractivity contribution in [3.63, 3.8) is 0 Å². The van der Waals surface area contributed by atoms with Gasteiger partial charge in [-0.15, -0.1) is 0 Å². The molecule has 0 aromatic heterocycles. The third-order valence-electron chi connectivity index (χ3n) is 12.4. The first kappa shape index (κ1) is 56.3. The Hall–Kier alpha value is -1.66. The highest BCUT2D eigenvalue weighted by atomic mass is 14.1. The first-order valence-corrected chi connectivity index (χ1v) is 26.7. The molecule has 0 aliphatic carbocycles. The van der Waals surface area contributed by atoms with E-state index in [-0.39, 0.29) is 0 Å². The normalized spacial score (nSPS) is 11.5. The number of unbranched alkanes of at least 4 members (excludes halogenated alkanes) is 36. The van der Waals surface area contributed by atoms with Crippen molar-refractivity contribution in [3.8, 4) is 23.7 Å². The Labute approximate surface area is 367 Å². The summed E-state index contributed by atoms with van der Waals surface area (Å²) in [5.41, 5.74) is 4.88. The molecule has 0 aliphatic heterocycles. The summed E-state index contributed by atoms with van der Waals surface area (Å²) in [4.78, 5) is 0. The van der Waals surface area contributed by atoms with E-state index in [0.29, 0.717) is 0 Å². The predicted molar refractivity (Wildman–Crippen MR) is 267 cm³/mol. The van der Waals surface area contributed by atoms with Gasteiger partial charge in [0.25, 0.3) is 0 Å². The van der Waals surface area contributed by atoms with Crippen LogP contribution in [0.25, 0.3) is 0 Å². The third-order valence-corrected chi connectivity index (χ3v) is 12.4. The molecule has 0 bridgehead atoms. The molecule has 0 fully saturated rings. The monoisotopic (exact) mass is 801 g/mol. The van der Waals surface area contributed by atoms with E-state index in [1.54, 1.807) is 0 Å². The second-order valence-corrected chi connectivity index (χ2v) is 18.4. The zero-order chi connectivity index (χ0) is 42.3. The first-order valence-electron chi connectivity index (χ1n) is 26.7. The van der Waals surface area contributed by atoms with E-state index >= 15 is 0 Å². The Morgan fingerprint density at radius 1 is 0.224 bits per heavy atom. The van der Waals surface area contributed by atoms with E-state index in [4.69, 9.17) is 0 Å². The van der Waals surface area contributed by atoms with E-state index < -0.39 is 0 Å². The number of hydrogen-bond acceptors (Lipinski definition) is 0. The van der Waals surface area contributed by atoms with Crippen molar-refractivity contribution >= 4 is 0 Å². The molecule has 0 saturated carbocycles. The third kappa shape index (κ3) is 42.5. The van der Waals surface area contributed by atoms with Gasteiger partial charge in [0.2, 0.25) is 0 Å². The molecule has 0 nitrogen and oxygen atoms in total. The van der Waals surface area contributed by atoms with Crippen LogP contribution in [0.2, 0.25) is 0 Å². The molecular formula is C58H104. The van der Waals surface area contributed by atoms with Crippen LogP contribution in [0.1, 0.15) is 310 Å². The average Bonchev–Trinajstić information content (AvgIpc) is 3.23. The summed E-state index contributed by atoms with van der Waals surface area (Å²) in [5, 5.41) is 0. The van der Waals surface area contributed by atoms with Crippen molar-refractivity contribution in [2.45, 2.75) is 310 Å². The van der Waals surface area contributed by atoms with Crippen LogP contribution in [0.4, 0.5) is 0 Å². The lowest BCUT2D eigenvalue weighted by molar-refractivity contribution is 0.554. The Morgan fingerprint density at radius 3 is 0.603 bits per heavy atom. The molecular weight excluding hydrogens is 697 g/mol. The van der Waals surface area contributed by atoms with Crippen molar-refractivity contribution in [2.24, 2.45) is 0 Å². The quantitative estimate of drug-likeness (QED) is 0.0425. The van der Waals surface area contributed by atoms with Crippen LogP contribution in [-0.4, -0.2) is 0 Å². The van der Waals surface area contributed by atoms with Gasteiger partial charge in [0.05, 0.1) is 0 Å². The fourth-order valence-electron chi connectivity index (χ4n) is 8.26. The van der Waals surface area contributed by atoms with Gasteiger partial charge in [0.1, 0.15) is 0 Å². The van der Waals surface area contributed by atoms with Gasteiger partial charge in [-0.05, 0) is 62.5 Å². The molecule has 0 radical (unpaired) electrons. The largest absolute Gasteiger partial charge is 0.0874 e. The van der Waals surface area contributed by atoms with Crippen LogP contribution < -0.4 is 0 Å². The van der Waals surface area contributed by atoms with Crippen molar-refractivity contribution in [3.05, 3.63) is 35.5 Å². The van der Waals surface area contributed by atoms with Crippen LogP contribution in [0.5, 0.6) is 0 Å². The minimum atomic E-state index is 1.05. The summed E-state index contributed by atoms with van der Waals surface area (Å²) in [6, 6.07) is 0. The maximum absolute atomic E-state index is 4.45. The summed E-state index contributed by atoms with van der Waals surface area (Å²) in [5.74, 6) is 14.6. The summed E-state index contributed by atoms with van der Waals surface area (Å²) < 4.78 is 0. The lowest BCUT2D eigenvalue weighted by Crippen LogP contribution is -1.93. The second kappa shape index (κ2) is 48.0. The fourth-order valence-corrected chi connectivity index (χ4v) is 8.26. The first-order chi connectivity index (χ1) is 28.6. The van der Waals surface area contributed by atoms with Gasteiger partial charge < -0.3 is 0 Å². The van der Waals surface area contributed by atoms with Crippen LogP contribution >= 0.6 is 0 Å². The van der Waals surface area contributed by atoms with Crippen LogP contribution in [0.3, 0.4) is 0 Å². The summed E-state index contributed by atoms with van der Waals surface area (Å²) in [6.07, 6.45) is 59.0. The maximum atomic E-state index is 4.45. The van der Waals surface area contributed by atoms with Crippen LogP contribution in [0, 0.1) is 23.7 Å². The maximum Gasteiger partial charge on any atom is 0.0139 e. The van der Waals surface area contributed by atoms with Gasteiger partial charge in [-0.1, -0.05) is 296 Å². The Kier molecular flexibility index (Phi) is 46.6. The highest BCUT2D eigenvalue weighted by Crippen LogP contribution is 2.22. The van der Waals surface area contributed by atoms with Crippen molar-refractivity contribution in [1.82, 2.24) is 0 Å². The minimum absolute atomic E-state index is 1.05.